The number of Topliss-reactive ketones (excluding diaryl/α,β-unsaturated/α-hetero) is 1. The summed E-state index contributed by atoms with van der Waals surface area (Å²) in [6.45, 7) is 1.70. The fourth-order valence-electron chi connectivity index (χ4n) is 3.41. The predicted octanol–water partition coefficient (Wildman–Crippen LogP) is 4.90. The zero-order valence-corrected chi connectivity index (χ0v) is 15.3. The summed E-state index contributed by atoms with van der Waals surface area (Å²) >= 11 is 0. The highest BCUT2D eigenvalue weighted by molar-refractivity contribution is 6.02. The standard InChI is InChI=1S/C24H18O4/c1-15-20(25)13-12-18-22(17-10-6-3-7-11-17)19(24(27)28-23(15)18)14-21(26)16-8-4-2-5-9-16/h2-13,25H,14H2,1H3. The van der Waals surface area contributed by atoms with Crippen LogP contribution in [-0.4, -0.2) is 10.9 Å². The van der Waals surface area contributed by atoms with E-state index >= 15 is 0 Å². The molecule has 4 heteroatoms. The number of carbonyl (C=O) groups is 1. The number of aryl methyl sites for hydroxylation is 1. The Balaban J connectivity index is 1.98. The topological polar surface area (TPSA) is 67.5 Å². The van der Waals surface area contributed by atoms with Gasteiger partial charge in [-0.05, 0) is 24.6 Å². The number of ketones is 1. The molecule has 0 aliphatic rings. The first-order valence-electron chi connectivity index (χ1n) is 8.98. The molecule has 0 amide bonds. The van der Waals surface area contributed by atoms with Crippen molar-refractivity contribution in [3.05, 3.63) is 99.9 Å². The van der Waals surface area contributed by atoms with Crippen LogP contribution < -0.4 is 5.63 Å². The Labute approximate surface area is 161 Å². The quantitative estimate of drug-likeness (QED) is 0.410. The van der Waals surface area contributed by atoms with Crippen LogP contribution in [0.1, 0.15) is 21.5 Å². The molecule has 4 rings (SSSR count). The summed E-state index contributed by atoms with van der Waals surface area (Å²) in [6.07, 6.45) is -0.0631. The van der Waals surface area contributed by atoms with Gasteiger partial charge >= 0.3 is 5.63 Å². The normalized spacial score (nSPS) is 10.9. The van der Waals surface area contributed by atoms with E-state index in [1.165, 1.54) is 0 Å². The van der Waals surface area contributed by atoms with Gasteiger partial charge in [0.2, 0.25) is 0 Å². The Morgan fingerprint density at radius 3 is 2.25 bits per heavy atom. The number of phenols is 1. The van der Waals surface area contributed by atoms with Crippen LogP contribution in [0.5, 0.6) is 5.75 Å². The molecule has 3 aromatic carbocycles. The van der Waals surface area contributed by atoms with Gasteiger partial charge in [-0.2, -0.15) is 0 Å². The average molecular weight is 370 g/mol. The molecule has 0 atom stereocenters. The number of hydrogen-bond donors (Lipinski definition) is 1. The van der Waals surface area contributed by atoms with Gasteiger partial charge in [0.1, 0.15) is 11.3 Å². The number of phenolic OH excluding ortho intramolecular Hbond substituents is 1. The van der Waals surface area contributed by atoms with Crippen molar-refractivity contribution in [1.82, 2.24) is 0 Å². The summed E-state index contributed by atoms with van der Waals surface area (Å²) in [5.74, 6) is -0.0947. The van der Waals surface area contributed by atoms with E-state index in [1.54, 1.807) is 43.3 Å². The molecule has 0 spiro atoms. The Morgan fingerprint density at radius 2 is 1.57 bits per heavy atom. The highest BCUT2D eigenvalue weighted by Gasteiger charge is 2.21. The lowest BCUT2D eigenvalue weighted by Crippen LogP contribution is -2.15. The first-order valence-corrected chi connectivity index (χ1v) is 8.98. The van der Waals surface area contributed by atoms with Crippen molar-refractivity contribution in [2.24, 2.45) is 0 Å². The molecule has 138 valence electrons. The summed E-state index contributed by atoms with van der Waals surface area (Å²) in [7, 11) is 0. The van der Waals surface area contributed by atoms with Crippen LogP contribution in [0.2, 0.25) is 0 Å². The van der Waals surface area contributed by atoms with Crippen LogP contribution in [0.15, 0.2) is 82.0 Å². The van der Waals surface area contributed by atoms with Gasteiger partial charge in [0.05, 0.1) is 5.56 Å². The van der Waals surface area contributed by atoms with Gasteiger partial charge < -0.3 is 9.52 Å². The maximum Gasteiger partial charge on any atom is 0.340 e. The van der Waals surface area contributed by atoms with E-state index in [1.807, 2.05) is 36.4 Å². The first kappa shape index (κ1) is 17.7. The minimum atomic E-state index is -0.565. The van der Waals surface area contributed by atoms with E-state index in [0.29, 0.717) is 33.2 Å². The molecule has 4 aromatic rings. The molecular weight excluding hydrogens is 352 g/mol. The zero-order chi connectivity index (χ0) is 19.7. The van der Waals surface area contributed by atoms with E-state index in [2.05, 4.69) is 0 Å². The van der Waals surface area contributed by atoms with Crippen molar-refractivity contribution < 1.29 is 14.3 Å². The van der Waals surface area contributed by atoms with Crippen LogP contribution in [0.3, 0.4) is 0 Å². The van der Waals surface area contributed by atoms with Gasteiger partial charge in [-0.3, -0.25) is 4.79 Å². The largest absolute Gasteiger partial charge is 0.508 e. The molecule has 1 heterocycles. The number of hydrogen-bond acceptors (Lipinski definition) is 4. The lowest BCUT2D eigenvalue weighted by molar-refractivity contribution is 0.0992. The van der Waals surface area contributed by atoms with Crippen LogP contribution in [0, 0.1) is 6.92 Å². The van der Waals surface area contributed by atoms with E-state index in [0.717, 1.165) is 5.56 Å². The fraction of sp³-hybridized carbons (Fsp3) is 0.0833. The Kier molecular flexibility index (Phi) is 4.53. The lowest BCUT2D eigenvalue weighted by atomic mass is 9.92. The Hall–Kier alpha value is -3.66. The predicted molar refractivity (Wildman–Crippen MR) is 109 cm³/mol. The lowest BCUT2D eigenvalue weighted by Gasteiger charge is -2.13. The van der Waals surface area contributed by atoms with E-state index < -0.39 is 5.63 Å². The molecule has 1 aromatic heterocycles. The number of fused-ring (bicyclic) bond motifs is 1. The van der Waals surface area contributed by atoms with Crippen molar-refractivity contribution in [3.63, 3.8) is 0 Å². The van der Waals surface area contributed by atoms with Crippen molar-refractivity contribution in [2.45, 2.75) is 13.3 Å². The smallest absolute Gasteiger partial charge is 0.340 e. The molecule has 0 aliphatic carbocycles. The van der Waals surface area contributed by atoms with E-state index in [4.69, 9.17) is 4.42 Å². The van der Waals surface area contributed by atoms with Gasteiger partial charge in [0, 0.05) is 28.5 Å². The molecule has 0 saturated carbocycles. The van der Waals surface area contributed by atoms with Crippen LogP contribution in [0.25, 0.3) is 22.1 Å². The number of benzene rings is 3. The Morgan fingerprint density at radius 1 is 0.929 bits per heavy atom. The number of carbonyl (C=O) groups excluding carboxylic acids is 1. The summed E-state index contributed by atoms with van der Waals surface area (Å²) < 4.78 is 5.54. The SMILES string of the molecule is Cc1c(O)ccc2c(-c3ccccc3)c(CC(=O)c3ccccc3)c(=O)oc12. The summed E-state index contributed by atoms with van der Waals surface area (Å²) in [5, 5.41) is 10.7. The molecule has 1 N–H and O–H groups in total. The highest BCUT2D eigenvalue weighted by Crippen LogP contribution is 2.35. The van der Waals surface area contributed by atoms with Gasteiger partial charge in [-0.25, -0.2) is 4.79 Å². The van der Waals surface area contributed by atoms with Gasteiger partial charge in [-0.15, -0.1) is 0 Å². The second-order valence-electron chi connectivity index (χ2n) is 6.66. The number of rotatable bonds is 4. The maximum absolute atomic E-state index is 12.9. The van der Waals surface area contributed by atoms with Crippen LogP contribution in [-0.2, 0) is 6.42 Å². The second kappa shape index (κ2) is 7.16. The third-order valence-electron chi connectivity index (χ3n) is 4.89. The summed E-state index contributed by atoms with van der Waals surface area (Å²) in [4.78, 5) is 25.6. The average Bonchev–Trinajstić information content (AvgIpc) is 2.73. The van der Waals surface area contributed by atoms with Crippen molar-refractivity contribution >= 4 is 16.8 Å². The monoisotopic (exact) mass is 370 g/mol. The maximum atomic E-state index is 12.9. The molecule has 4 nitrogen and oxygen atoms in total. The fourth-order valence-corrected chi connectivity index (χ4v) is 3.41. The summed E-state index contributed by atoms with van der Waals surface area (Å²) in [6, 6.07) is 21.6. The zero-order valence-electron chi connectivity index (χ0n) is 15.3. The van der Waals surface area contributed by atoms with Gasteiger partial charge in [0.25, 0.3) is 0 Å². The first-order chi connectivity index (χ1) is 13.6. The van der Waals surface area contributed by atoms with E-state index in [-0.39, 0.29) is 18.0 Å². The van der Waals surface area contributed by atoms with Crippen molar-refractivity contribution in [2.75, 3.05) is 0 Å². The van der Waals surface area contributed by atoms with E-state index in [9.17, 15) is 14.7 Å². The minimum absolute atomic E-state index is 0.0581. The molecule has 0 fully saturated rings. The number of aromatic hydroxyl groups is 1. The molecule has 0 saturated heterocycles. The highest BCUT2D eigenvalue weighted by atomic mass is 16.4. The van der Waals surface area contributed by atoms with Crippen molar-refractivity contribution in [1.29, 1.82) is 0 Å². The van der Waals surface area contributed by atoms with Crippen LogP contribution >= 0.6 is 0 Å². The van der Waals surface area contributed by atoms with Gasteiger partial charge in [0.15, 0.2) is 5.78 Å². The Bertz CT molecular complexity index is 1220. The minimum Gasteiger partial charge on any atom is -0.508 e. The molecule has 0 unspecified atom stereocenters. The second-order valence-corrected chi connectivity index (χ2v) is 6.66. The van der Waals surface area contributed by atoms with Gasteiger partial charge in [-0.1, -0.05) is 60.7 Å². The van der Waals surface area contributed by atoms with Crippen LogP contribution in [0.4, 0.5) is 0 Å². The van der Waals surface area contributed by atoms with Crippen molar-refractivity contribution in [3.8, 4) is 16.9 Å². The molecular formula is C24H18O4. The molecule has 0 bridgehead atoms. The third-order valence-corrected chi connectivity index (χ3v) is 4.89. The molecule has 28 heavy (non-hydrogen) atoms. The molecule has 0 aliphatic heterocycles. The summed E-state index contributed by atoms with van der Waals surface area (Å²) in [5.41, 5.74) is 2.61. The third kappa shape index (κ3) is 3.09. The molecule has 0 radical (unpaired) electrons.